The van der Waals surface area contributed by atoms with Gasteiger partial charge in [-0.05, 0) is 24.3 Å². The lowest BCUT2D eigenvalue weighted by Gasteiger charge is -2.35. The number of carbonyl (C=O) groups excluding carboxylic acids is 3. The smallest absolute Gasteiger partial charge is 0.253 e. The van der Waals surface area contributed by atoms with Crippen LogP contribution in [-0.2, 0) is 20.9 Å². The third-order valence-electron chi connectivity index (χ3n) is 6.00. The van der Waals surface area contributed by atoms with Gasteiger partial charge in [-0.25, -0.2) is 0 Å². The normalized spacial score (nSPS) is 17.4. The Balaban J connectivity index is 1.22. The molecule has 2 aromatic rings. The van der Waals surface area contributed by atoms with Gasteiger partial charge in [-0.3, -0.25) is 24.2 Å². The fourth-order valence-electron chi connectivity index (χ4n) is 4.07. The molecule has 2 saturated heterocycles. The summed E-state index contributed by atoms with van der Waals surface area (Å²) in [5.41, 5.74) is 0.869. The minimum atomic E-state index is -0.286. The van der Waals surface area contributed by atoms with Crippen LogP contribution < -0.4 is 10.6 Å². The lowest BCUT2D eigenvalue weighted by Crippen LogP contribution is -2.52. The van der Waals surface area contributed by atoms with E-state index in [9.17, 15) is 14.4 Å². The molecule has 2 aliphatic rings. The molecule has 1 aromatic carbocycles. The lowest BCUT2D eigenvalue weighted by molar-refractivity contribution is -0.137. The molecule has 0 saturated carbocycles. The predicted octanol–water partition coefficient (Wildman–Crippen LogP) is 0.625. The second-order valence-electron chi connectivity index (χ2n) is 8.40. The summed E-state index contributed by atoms with van der Waals surface area (Å²) in [5, 5.41) is 5.67. The highest BCUT2D eigenvalue weighted by Gasteiger charge is 2.24. The van der Waals surface area contributed by atoms with Crippen molar-refractivity contribution in [2.24, 2.45) is 0 Å². The van der Waals surface area contributed by atoms with E-state index >= 15 is 0 Å². The van der Waals surface area contributed by atoms with E-state index < -0.39 is 0 Å². The monoisotopic (exact) mass is 469 g/mol. The van der Waals surface area contributed by atoms with E-state index in [0.29, 0.717) is 62.9 Å². The lowest BCUT2D eigenvalue weighted by atomic mass is 10.1. The van der Waals surface area contributed by atoms with Crippen molar-refractivity contribution >= 4 is 23.4 Å². The van der Waals surface area contributed by atoms with Crippen molar-refractivity contribution in [1.82, 2.24) is 20.0 Å². The zero-order valence-corrected chi connectivity index (χ0v) is 19.2. The quantitative estimate of drug-likeness (QED) is 0.584. The number of amides is 3. The van der Waals surface area contributed by atoms with E-state index in [1.165, 1.54) is 0 Å². The van der Waals surface area contributed by atoms with Crippen molar-refractivity contribution in [2.45, 2.75) is 6.54 Å². The standard InChI is InChI=1S/C24H31N5O5/c30-22(17-27-7-9-28(10-8-27)18-23(31)29-11-14-33-15-12-29)26-21-6-2-1-5-20(21)24(32)25-16-19-4-3-13-34-19/h1-6,13H,7-12,14-18H2,(H,25,32)(H,26,30). The van der Waals surface area contributed by atoms with Gasteiger partial charge in [0.05, 0.1) is 50.4 Å². The summed E-state index contributed by atoms with van der Waals surface area (Å²) in [5.74, 6) is 0.326. The Bertz CT molecular complexity index is 966. The van der Waals surface area contributed by atoms with Crippen molar-refractivity contribution in [2.75, 3.05) is 70.9 Å². The SMILES string of the molecule is O=C(CN1CCN(CC(=O)N2CCOCC2)CC1)Nc1ccccc1C(=O)NCc1ccco1. The number of morpholine rings is 1. The molecule has 3 amide bonds. The topological polar surface area (TPSA) is 107 Å². The van der Waals surface area contributed by atoms with Crippen LogP contribution in [0.25, 0.3) is 0 Å². The molecular weight excluding hydrogens is 438 g/mol. The second-order valence-corrected chi connectivity index (χ2v) is 8.40. The van der Waals surface area contributed by atoms with Crippen molar-refractivity contribution in [3.63, 3.8) is 0 Å². The first kappa shape index (κ1) is 23.9. The molecule has 0 atom stereocenters. The average molecular weight is 470 g/mol. The van der Waals surface area contributed by atoms with Gasteiger partial charge in [0.1, 0.15) is 5.76 Å². The third-order valence-corrected chi connectivity index (χ3v) is 6.00. The molecule has 2 N–H and O–H groups in total. The Morgan fingerprint density at radius 2 is 1.56 bits per heavy atom. The van der Waals surface area contributed by atoms with Crippen LogP contribution in [0.5, 0.6) is 0 Å². The van der Waals surface area contributed by atoms with Crippen LogP contribution in [0.4, 0.5) is 5.69 Å². The summed E-state index contributed by atoms with van der Waals surface area (Å²) in [4.78, 5) is 43.8. The Labute approximate surface area is 198 Å². The number of benzene rings is 1. The van der Waals surface area contributed by atoms with Gasteiger partial charge in [0.25, 0.3) is 5.91 Å². The van der Waals surface area contributed by atoms with Crippen molar-refractivity contribution in [3.8, 4) is 0 Å². The first-order chi connectivity index (χ1) is 16.6. The summed E-state index contributed by atoms with van der Waals surface area (Å²) in [6.07, 6.45) is 1.55. The van der Waals surface area contributed by atoms with E-state index in [0.717, 1.165) is 13.1 Å². The van der Waals surface area contributed by atoms with Crippen molar-refractivity contribution in [1.29, 1.82) is 0 Å². The number of para-hydroxylation sites is 1. The van der Waals surface area contributed by atoms with Crippen molar-refractivity contribution < 1.29 is 23.5 Å². The maximum absolute atomic E-state index is 12.7. The van der Waals surface area contributed by atoms with Crippen LogP contribution in [-0.4, -0.2) is 98.0 Å². The molecule has 0 bridgehead atoms. The molecule has 1 aromatic heterocycles. The van der Waals surface area contributed by atoms with Gasteiger partial charge < -0.3 is 24.7 Å². The molecule has 0 spiro atoms. The highest BCUT2D eigenvalue weighted by atomic mass is 16.5. The summed E-state index contributed by atoms with van der Waals surface area (Å²) in [7, 11) is 0. The largest absolute Gasteiger partial charge is 0.467 e. The Morgan fingerprint density at radius 1 is 0.853 bits per heavy atom. The number of nitrogens with one attached hydrogen (secondary N) is 2. The molecule has 2 fully saturated rings. The molecule has 2 aliphatic heterocycles. The molecule has 0 unspecified atom stereocenters. The van der Waals surface area contributed by atoms with Crippen LogP contribution in [0.1, 0.15) is 16.1 Å². The van der Waals surface area contributed by atoms with E-state index in [4.69, 9.17) is 9.15 Å². The van der Waals surface area contributed by atoms with Gasteiger partial charge in [0, 0.05) is 39.3 Å². The Kier molecular flexibility index (Phi) is 8.29. The van der Waals surface area contributed by atoms with Crippen LogP contribution in [0.3, 0.4) is 0 Å². The fourth-order valence-corrected chi connectivity index (χ4v) is 4.07. The van der Waals surface area contributed by atoms with Crippen LogP contribution in [0, 0.1) is 0 Å². The predicted molar refractivity (Wildman–Crippen MR) is 125 cm³/mol. The number of anilines is 1. The zero-order chi connectivity index (χ0) is 23.8. The van der Waals surface area contributed by atoms with Crippen LogP contribution >= 0.6 is 0 Å². The summed E-state index contributed by atoms with van der Waals surface area (Å²) in [6.45, 7) is 6.28. The highest BCUT2D eigenvalue weighted by molar-refractivity contribution is 6.04. The summed E-state index contributed by atoms with van der Waals surface area (Å²) < 4.78 is 10.5. The summed E-state index contributed by atoms with van der Waals surface area (Å²) >= 11 is 0. The second kappa shape index (κ2) is 11.8. The molecule has 0 radical (unpaired) electrons. The molecule has 3 heterocycles. The molecule has 34 heavy (non-hydrogen) atoms. The van der Waals surface area contributed by atoms with Crippen molar-refractivity contribution in [3.05, 3.63) is 54.0 Å². The van der Waals surface area contributed by atoms with Gasteiger partial charge in [0.15, 0.2) is 0 Å². The van der Waals surface area contributed by atoms with E-state index in [2.05, 4.69) is 20.4 Å². The third kappa shape index (κ3) is 6.66. The van der Waals surface area contributed by atoms with Gasteiger partial charge in [-0.15, -0.1) is 0 Å². The molecule has 4 rings (SSSR count). The van der Waals surface area contributed by atoms with Gasteiger partial charge in [-0.1, -0.05) is 12.1 Å². The number of ether oxygens (including phenoxy) is 1. The number of piperazine rings is 1. The molecule has 0 aliphatic carbocycles. The van der Waals surface area contributed by atoms with Crippen LogP contribution in [0.15, 0.2) is 47.1 Å². The highest BCUT2D eigenvalue weighted by Crippen LogP contribution is 2.16. The van der Waals surface area contributed by atoms with Gasteiger partial charge in [-0.2, -0.15) is 0 Å². The van der Waals surface area contributed by atoms with E-state index in [-0.39, 0.29) is 30.8 Å². The Hall–Kier alpha value is -3.21. The summed E-state index contributed by atoms with van der Waals surface area (Å²) in [6, 6.07) is 10.5. The molecule has 182 valence electrons. The maximum Gasteiger partial charge on any atom is 0.253 e. The number of nitrogens with zero attached hydrogens (tertiary/aromatic N) is 3. The zero-order valence-electron chi connectivity index (χ0n) is 19.2. The number of hydrogen-bond donors (Lipinski definition) is 2. The van der Waals surface area contributed by atoms with E-state index in [1.807, 2.05) is 4.90 Å². The molecule has 10 heteroatoms. The number of carbonyl (C=O) groups is 3. The number of rotatable bonds is 8. The number of furan rings is 1. The fraction of sp³-hybridized carbons (Fsp3) is 0.458. The first-order valence-electron chi connectivity index (χ1n) is 11.6. The van der Waals surface area contributed by atoms with Gasteiger partial charge in [0.2, 0.25) is 11.8 Å². The molecular formula is C24H31N5O5. The molecule has 10 nitrogen and oxygen atoms in total. The number of hydrogen-bond acceptors (Lipinski definition) is 7. The maximum atomic E-state index is 12.7. The van der Waals surface area contributed by atoms with Gasteiger partial charge >= 0.3 is 0 Å². The van der Waals surface area contributed by atoms with E-state index in [1.54, 1.807) is 42.7 Å². The first-order valence-corrected chi connectivity index (χ1v) is 11.6. The average Bonchev–Trinajstić information content (AvgIpc) is 3.38. The Morgan fingerprint density at radius 3 is 2.26 bits per heavy atom. The minimum Gasteiger partial charge on any atom is -0.467 e. The minimum absolute atomic E-state index is 0.136. The van der Waals surface area contributed by atoms with Crippen LogP contribution in [0.2, 0.25) is 0 Å².